The predicted octanol–water partition coefficient (Wildman–Crippen LogP) is 6.10. The minimum atomic E-state index is -0.0799. The molecule has 2 N–H and O–H groups in total. The molecule has 0 amide bonds. The Balaban J connectivity index is 1.23. The molecule has 7 rings (SSSR count). The highest BCUT2D eigenvalue weighted by atomic mass is 35.5. The molecule has 7 nitrogen and oxygen atoms in total. The summed E-state index contributed by atoms with van der Waals surface area (Å²) >= 11 is 12.3. The lowest BCUT2D eigenvalue weighted by molar-refractivity contribution is -0.108. The SMILES string of the molecule is C[C@@H]1C(N=C(Nc2ccc3c(=O)n(CCc4ccc(Cl)cc4Cl)cnc3c2)N2CC[C@@H](CO)C2)C[C@@H]2C[C@H]1C2(C)C. The van der Waals surface area contributed by atoms with E-state index in [-0.39, 0.29) is 24.1 Å². The highest BCUT2D eigenvalue weighted by Crippen LogP contribution is 2.61. The van der Waals surface area contributed by atoms with Gasteiger partial charge in [-0.15, -0.1) is 0 Å². The summed E-state index contributed by atoms with van der Waals surface area (Å²) < 4.78 is 1.63. The van der Waals surface area contributed by atoms with Crippen molar-refractivity contribution in [3.8, 4) is 0 Å². The molecule has 218 valence electrons. The summed E-state index contributed by atoms with van der Waals surface area (Å²) in [6.07, 6.45) is 5.60. The number of aromatic nitrogens is 2. The van der Waals surface area contributed by atoms with Gasteiger partial charge in [0, 0.05) is 47.9 Å². The van der Waals surface area contributed by atoms with Crippen molar-refractivity contribution in [2.75, 3.05) is 25.0 Å². The van der Waals surface area contributed by atoms with E-state index in [1.807, 2.05) is 24.3 Å². The molecule has 5 atom stereocenters. The first-order valence-electron chi connectivity index (χ1n) is 14.8. The van der Waals surface area contributed by atoms with Crippen LogP contribution < -0.4 is 10.9 Å². The summed E-state index contributed by atoms with van der Waals surface area (Å²) in [6.45, 7) is 9.51. The fourth-order valence-electron chi connectivity index (χ4n) is 7.31. The molecule has 2 aromatic carbocycles. The second-order valence-corrected chi connectivity index (χ2v) is 13.7. The molecule has 0 spiro atoms. The van der Waals surface area contributed by atoms with Crippen LogP contribution in [0.1, 0.15) is 45.6 Å². The van der Waals surface area contributed by atoms with Gasteiger partial charge in [-0.05, 0) is 84.7 Å². The number of aliphatic hydroxyl groups excluding tert-OH is 1. The standard InChI is InChI=1S/C32H39Cl2N5O2/c1-19-26-12-22(32(26,2)3)13-28(19)37-31(38-10-8-20(16-38)17-40)36-24-6-7-25-29(15-24)35-18-39(30(25)41)11-9-21-4-5-23(33)14-27(21)34/h4-7,14-15,18-20,22,26,28,40H,8-13,16-17H2,1-3H3,(H,36,37)/t19-,20+,22-,26+,28?/m0/s1. The van der Waals surface area contributed by atoms with Gasteiger partial charge in [0.1, 0.15) is 0 Å². The summed E-state index contributed by atoms with van der Waals surface area (Å²) in [5.74, 6) is 3.09. The number of nitrogens with one attached hydrogen (secondary N) is 1. The third-order valence-corrected chi connectivity index (χ3v) is 10.8. The van der Waals surface area contributed by atoms with E-state index in [4.69, 9.17) is 28.2 Å². The molecule has 1 saturated heterocycles. The van der Waals surface area contributed by atoms with Gasteiger partial charge in [0.25, 0.3) is 5.56 Å². The van der Waals surface area contributed by atoms with Gasteiger partial charge in [-0.1, -0.05) is 50.0 Å². The van der Waals surface area contributed by atoms with Crippen LogP contribution in [0.25, 0.3) is 10.9 Å². The molecule has 1 aromatic heterocycles. The Morgan fingerprint density at radius 2 is 2.02 bits per heavy atom. The van der Waals surface area contributed by atoms with E-state index in [1.165, 1.54) is 6.42 Å². The third kappa shape index (κ3) is 5.49. The number of guanidine groups is 1. The van der Waals surface area contributed by atoms with Crippen molar-refractivity contribution in [1.82, 2.24) is 14.5 Å². The lowest BCUT2D eigenvalue weighted by atomic mass is 9.45. The van der Waals surface area contributed by atoms with Gasteiger partial charge in [-0.2, -0.15) is 0 Å². The molecule has 2 bridgehead atoms. The first-order valence-corrected chi connectivity index (χ1v) is 15.5. The largest absolute Gasteiger partial charge is 0.396 e. The van der Waals surface area contributed by atoms with Crippen LogP contribution in [0.4, 0.5) is 5.69 Å². The van der Waals surface area contributed by atoms with Gasteiger partial charge in [-0.25, -0.2) is 9.98 Å². The molecule has 1 aliphatic heterocycles. The molecule has 41 heavy (non-hydrogen) atoms. The topological polar surface area (TPSA) is 82.8 Å². The second kappa shape index (κ2) is 11.2. The minimum Gasteiger partial charge on any atom is -0.396 e. The Morgan fingerprint density at radius 3 is 2.73 bits per heavy atom. The van der Waals surface area contributed by atoms with Gasteiger partial charge in [-0.3, -0.25) is 9.36 Å². The fraction of sp³-hybridized carbons (Fsp3) is 0.531. The van der Waals surface area contributed by atoms with Crippen molar-refractivity contribution in [2.24, 2.45) is 34.1 Å². The van der Waals surface area contributed by atoms with Crippen LogP contribution in [0.5, 0.6) is 0 Å². The van der Waals surface area contributed by atoms with E-state index >= 15 is 0 Å². The number of nitrogens with zero attached hydrogens (tertiary/aromatic N) is 4. The Hall–Kier alpha value is -2.61. The normalized spacial score (nSPS) is 27.2. The average molecular weight is 597 g/mol. The highest BCUT2D eigenvalue weighted by Gasteiger charge is 2.56. The molecule has 2 heterocycles. The number of fused-ring (bicyclic) bond motifs is 3. The molecular formula is C32H39Cl2N5O2. The van der Waals surface area contributed by atoms with Crippen molar-refractivity contribution < 1.29 is 5.11 Å². The number of likely N-dealkylation sites (tertiary alicyclic amines) is 1. The zero-order valence-corrected chi connectivity index (χ0v) is 25.5. The number of hydrogen-bond donors (Lipinski definition) is 2. The average Bonchev–Trinajstić information content (AvgIpc) is 3.43. The Kier molecular flexibility index (Phi) is 7.81. The summed E-state index contributed by atoms with van der Waals surface area (Å²) in [7, 11) is 0. The summed E-state index contributed by atoms with van der Waals surface area (Å²) in [5, 5.41) is 15.1. The van der Waals surface area contributed by atoms with Crippen LogP contribution >= 0.6 is 23.2 Å². The predicted molar refractivity (Wildman–Crippen MR) is 167 cm³/mol. The third-order valence-electron chi connectivity index (χ3n) is 10.2. The van der Waals surface area contributed by atoms with Crippen LogP contribution in [0, 0.1) is 29.1 Å². The molecule has 3 saturated carbocycles. The maximum absolute atomic E-state index is 13.3. The second-order valence-electron chi connectivity index (χ2n) is 12.8. The van der Waals surface area contributed by atoms with E-state index < -0.39 is 0 Å². The van der Waals surface area contributed by atoms with Crippen LogP contribution in [0.15, 0.2) is 52.5 Å². The zero-order valence-electron chi connectivity index (χ0n) is 24.0. The zero-order chi connectivity index (χ0) is 28.9. The first kappa shape index (κ1) is 28.5. The number of anilines is 1. The van der Waals surface area contributed by atoms with E-state index in [2.05, 4.69) is 36.0 Å². The van der Waals surface area contributed by atoms with Gasteiger partial charge in [0.2, 0.25) is 0 Å². The summed E-state index contributed by atoms with van der Waals surface area (Å²) in [6, 6.07) is 11.4. The Labute approximate surface area is 251 Å². The summed E-state index contributed by atoms with van der Waals surface area (Å²) in [4.78, 5) is 25.5. The minimum absolute atomic E-state index is 0.0799. The van der Waals surface area contributed by atoms with E-state index in [0.717, 1.165) is 49.1 Å². The Bertz CT molecular complexity index is 1540. The van der Waals surface area contributed by atoms with E-state index in [1.54, 1.807) is 23.0 Å². The molecule has 0 radical (unpaired) electrons. The number of rotatable bonds is 6. The van der Waals surface area contributed by atoms with Gasteiger partial charge < -0.3 is 15.3 Å². The molecule has 3 aromatic rings. The van der Waals surface area contributed by atoms with Crippen molar-refractivity contribution in [3.05, 3.63) is 68.7 Å². The van der Waals surface area contributed by atoms with E-state index in [0.29, 0.717) is 51.2 Å². The first-order chi connectivity index (χ1) is 19.6. The molecule has 9 heteroatoms. The molecule has 4 aliphatic rings. The van der Waals surface area contributed by atoms with Crippen LogP contribution in [-0.2, 0) is 13.0 Å². The number of aryl methyl sites for hydroxylation is 2. The maximum atomic E-state index is 13.3. The fourth-order valence-corrected chi connectivity index (χ4v) is 7.81. The number of aliphatic imine (C=N–C) groups is 1. The number of hydrogen-bond acceptors (Lipinski definition) is 4. The lowest BCUT2D eigenvalue weighted by Gasteiger charge is -2.61. The molecule has 4 fully saturated rings. The summed E-state index contributed by atoms with van der Waals surface area (Å²) in [5.41, 5.74) is 2.77. The monoisotopic (exact) mass is 595 g/mol. The van der Waals surface area contributed by atoms with Crippen molar-refractivity contribution in [2.45, 2.75) is 59.0 Å². The highest BCUT2D eigenvalue weighted by molar-refractivity contribution is 6.35. The molecule has 3 aliphatic carbocycles. The smallest absolute Gasteiger partial charge is 0.261 e. The maximum Gasteiger partial charge on any atom is 0.261 e. The van der Waals surface area contributed by atoms with Crippen molar-refractivity contribution in [3.63, 3.8) is 0 Å². The van der Waals surface area contributed by atoms with Crippen LogP contribution in [-0.4, -0.2) is 51.3 Å². The van der Waals surface area contributed by atoms with E-state index in [9.17, 15) is 9.90 Å². The van der Waals surface area contributed by atoms with Gasteiger partial charge in [0.15, 0.2) is 5.96 Å². The van der Waals surface area contributed by atoms with Crippen LogP contribution in [0.3, 0.4) is 0 Å². The number of aliphatic hydroxyl groups is 1. The molecular weight excluding hydrogens is 557 g/mol. The number of benzene rings is 2. The molecule has 1 unspecified atom stereocenters. The van der Waals surface area contributed by atoms with Crippen molar-refractivity contribution >= 4 is 45.8 Å². The van der Waals surface area contributed by atoms with Gasteiger partial charge >= 0.3 is 0 Å². The van der Waals surface area contributed by atoms with Crippen molar-refractivity contribution in [1.29, 1.82) is 0 Å². The number of halogens is 2. The quantitative estimate of drug-likeness (QED) is 0.266. The van der Waals surface area contributed by atoms with Gasteiger partial charge in [0.05, 0.1) is 23.3 Å². The van der Waals surface area contributed by atoms with Crippen LogP contribution in [0.2, 0.25) is 10.0 Å². The Morgan fingerprint density at radius 1 is 1.20 bits per heavy atom. The lowest BCUT2D eigenvalue weighted by Crippen LogP contribution is -2.56.